The van der Waals surface area contributed by atoms with E-state index in [1.807, 2.05) is 12.4 Å². The van der Waals surface area contributed by atoms with Crippen molar-refractivity contribution in [2.24, 2.45) is 11.8 Å². The molecule has 3 rings (SSSR count). The quantitative estimate of drug-likeness (QED) is 0.876. The van der Waals surface area contributed by atoms with Gasteiger partial charge in [-0.3, -0.25) is 0 Å². The van der Waals surface area contributed by atoms with Gasteiger partial charge in [0.2, 0.25) is 0 Å². The lowest BCUT2D eigenvalue weighted by atomic mass is 9.73. The second-order valence-electron chi connectivity index (χ2n) is 7.13. The lowest BCUT2D eigenvalue weighted by Gasteiger charge is -2.50. The van der Waals surface area contributed by atoms with Crippen molar-refractivity contribution >= 4 is 0 Å². The minimum atomic E-state index is 0.374. The van der Waals surface area contributed by atoms with E-state index in [2.05, 4.69) is 41.0 Å². The van der Waals surface area contributed by atoms with E-state index >= 15 is 0 Å². The molecule has 0 aromatic carbocycles. The summed E-state index contributed by atoms with van der Waals surface area (Å²) in [4.78, 5) is 10.4. The third-order valence-electron chi connectivity index (χ3n) is 5.49. The molecule has 2 N–H and O–H groups in total. The fourth-order valence-electron chi connectivity index (χ4n) is 4.26. The van der Waals surface area contributed by atoms with Crippen molar-refractivity contribution in [2.45, 2.75) is 64.6 Å². The number of aromatic amines is 1. The summed E-state index contributed by atoms with van der Waals surface area (Å²) in [7, 11) is 0. The summed E-state index contributed by atoms with van der Waals surface area (Å²) in [6.07, 6.45) is 9.07. The topological polar surface area (TPSA) is 44.0 Å². The smallest absolute Gasteiger partial charge is 0.123 e. The number of H-pyrrole nitrogens is 1. The maximum absolute atomic E-state index is 4.46. The molecule has 0 radical (unpaired) electrons. The van der Waals surface area contributed by atoms with Gasteiger partial charge in [-0.2, -0.15) is 0 Å². The maximum atomic E-state index is 4.46. The number of hydrogen-bond donors (Lipinski definition) is 2. The van der Waals surface area contributed by atoms with Crippen molar-refractivity contribution in [1.29, 1.82) is 0 Å². The van der Waals surface area contributed by atoms with E-state index < -0.39 is 0 Å². The lowest BCUT2D eigenvalue weighted by molar-refractivity contribution is 0.0242. The standard InChI is InChI=1S/C17H30N4/c1-4-15(17-18-8-9-19-17)20-16-13-6-5-7-14(16)11-21(10-13)12(2)3/h8-9,12-16,20H,4-7,10-11H2,1-3H3,(H,18,19). The molecule has 2 aliphatic rings. The van der Waals surface area contributed by atoms with Gasteiger partial charge in [-0.05, 0) is 44.9 Å². The van der Waals surface area contributed by atoms with E-state index in [0.29, 0.717) is 18.1 Å². The average Bonchev–Trinajstić information content (AvgIpc) is 2.97. The fourth-order valence-corrected chi connectivity index (χ4v) is 4.26. The molecule has 2 fully saturated rings. The number of nitrogens with one attached hydrogen (secondary N) is 2. The molecular formula is C17H30N4. The van der Waals surface area contributed by atoms with Crippen LogP contribution in [0.2, 0.25) is 0 Å². The third-order valence-corrected chi connectivity index (χ3v) is 5.49. The molecule has 0 amide bonds. The monoisotopic (exact) mass is 290 g/mol. The Morgan fingerprint density at radius 2 is 2.05 bits per heavy atom. The van der Waals surface area contributed by atoms with E-state index in [1.165, 1.54) is 32.4 Å². The van der Waals surface area contributed by atoms with Crippen LogP contribution >= 0.6 is 0 Å². The zero-order valence-electron chi connectivity index (χ0n) is 13.7. The van der Waals surface area contributed by atoms with Crippen LogP contribution in [0, 0.1) is 11.8 Å². The number of likely N-dealkylation sites (tertiary alicyclic amines) is 1. The number of nitrogens with zero attached hydrogens (tertiary/aromatic N) is 2. The summed E-state index contributed by atoms with van der Waals surface area (Å²) in [6.45, 7) is 9.45. The van der Waals surface area contributed by atoms with Crippen molar-refractivity contribution in [3.05, 3.63) is 18.2 Å². The number of fused-ring (bicyclic) bond motifs is 2. The minimum absolute atomic E-state index is 0.374. The molecule has 1 aliphatic heterocycles. The number of rotatable bonds is 5. The molecule has 4 nitrogen and oxygen atoms in total. The van der Waals surface area contributed by atoms with Gasteiger partial charge >= 0.3 is 0 Å². The summed E-state index contributed by atoms with van der Waals surface area (Å²) < 4.78 is 0. The van der Waals surface area contributed by atoms with Crippen LogP contribution in [0.25, 0.3) is 0 Å². The molecule has 3 atom stereocenters. The van der Waals surface area contributed by atoms with Crippen LogP contribution in [-0.2, 0) is 0 Å². The summed E-state index contributed by atoms with van der Waals surface area (Å²) in [5, 5.41) is 3.95. The first-order chi connectivity index (χ1) is 10.2. The van der Waals surface area contributed by atoms with Gasteiger partial charge in [-0.25, -0.2) is 4.98 Å². The molecule has 2 heterocycles. The molecule has 118 valence electrons. The van der Waals surface area contributed by atoms with Gasteiger partial charge in [0.05, 0.1) is 6.04 Å². The average molecular weight is 290 g/mol. The Kier molecular flexibility index (Phi) is 4.65. The van der Waals surface area contributed by atoms with Gasteiger partial charge in [-0.15, -0.1) is 0 Å². The van der Waals surface area contributed by atoms with Gasteiger partial charge in [0, 0.05) is 37.6 Å². The predicted molar refractivity (Wildman–Crippen MR) is 86.1 cm³/mol. The first-order valence-electron chi connectivity index (χ1n) is 8.68. The molecule has 2 bridgehead atoms. The molecule has 1 aliphatic carbocycles. The predicted octanol–water partition coefficient (Wildman–Crippen LogP) is 2.96. The first-order valence-corrected chi connectivity index (χ1v) is 8.68. The van der Waals surface area contributed by atoms with Crippen molar-refractivity contribution in [3.63, 3.8) is 0 Å². The number of piperidine rings is 1. The third kappa shape index (κ3) is 3.16. The highest BCUT2D eigenvalue weighted by atomic mass is 15.2. The van der Waals surface area contributed by atoms with Crippen molar-refractivity contribution in [2.75, 3.05) is 13.1 Å². The largest absolute Gasteiger partial charge is 0.347 e. The molecule has 21 heavy (non-hydrogen) atoms. The van der Waals surface area contributed by atoms with E-state index in [1.54, 1.807) is 0 Å². The van der Waals surface area contributed by atoms with Gasteiger partial charge in [0.25, 0.3) is 0 Å². The molecule has 4 heteroatoms. The van der Waals surface area contributed by atoms with Gasteiger partial charge in [0.1, 0.15) is 5.82 Å². The lowest BCUT2D eigenvalue weighted by Crippen LogP contribution is -2.58. The molecule has 1 aromatic rings. The second-order valence-corrected chi connectivity index (χ2v) is 7.13. The SMILES string of the molecule is CCC(NC1C2CCCC1CN(C(C)C)C2)c1ncc[nH]1. The minimum Gasteiger partial charge on any atom is -0.347 e. The van der Waals surface area contributed by atoms with E-state index in [0.717, 1.165) is 24.1 Å². The highest BCUT2D eigenvalue weighted by Crippen LogP contribution is 2.37. The molecule has 0 spiro atoms. The van der Waals surface area contributed by atoms with Crippen molar-refractivity contribution in [3.8, 4) is 0 Å². The molecule has 1 saturated carbocycles. The van der Waals surface area contributed by atoms with Crippen LogP contribution in [0.5, 0.6) is 0 Å². The van der Waals surface area contributed by atoms with Crippen LogP contribution in [-0.4, -0.2) is 40.0 Å². The fraction of sp³-hybridized carbons (Fsp3) is 0.824. The Hall–Kier alpha value is -0.870. The Balaban J connectivity index is 1.70. The Bertz CT molecular complexity index is 414. The normalized spacial score (nSPS) is 31.5. The van der Waals surface area contributed by atoms with E-state index in [-0.39, 0.29) is 0 Å². The van der Waals surface area contributed by atoms with Crippen LogP contribution < -0.4 is 5.32 Å². The number of hydrogen-bond acceptors (Lipinski definition) is 3. The summed E-state index contributed by atoms with van der Waals surface area (Å²) in [5.41, 5.74) is 0. The Labute approximate surface area is 128 Å². The first kappa shape index (κ1) is 15.0. The van der Waals surface area contributed by atoms with Crippen LogP contribution in [0.15, 0.2) is 12.4 Å². The van der Waals surface area contributed by atoms with E-state index in [4.69, 9.17) is 0 Å². The number of imidazole rings is 1. The molecule has 1 saturated heterocycles. The summed E-state index contributed by atoms with van der Waals surface area (Å²) in [6, 6.07) is 1.73. The summed E-state index contributed by atoms with van der Waals surface area (Å²) in [5.74, 6) is 2.72. The van der Waals surface area contributed by atoms with E-state index in [9.17, 15) is 0 Å². The second kappa shape index (κ2) is 6.49. The summed E-state index contributed by atoms with van der Waals surface area (Å²) >= 11 is 0. The van der Waals surface area contributed by atoms with Crippen molar-refractivity contribution < 1.29 is 0 Å². The molecular weight excluding hydrogens is 260 g/mol. The highest BCUT2D eigenvalue weighted by Gasteiger charge is 2.40. The maximum Gasteiger partial charge on any atom is 0.123 e. The highest BCUT2D eigenvalue weighted by molar-refractivity contribution is 5.01. The van der Waals surface area contributed by atoms with Gasteiger partial charge in [-0.1, -0.05) is 13.3 Å². The zero-order chi connectivity index (χ0) is 14.8. The Morgan fingerprint density at radius 3 is 2.57 bits per heavy atom. The van der Waals surface area contributed by atoms with Crippen LogP contribution in [0.4, 0.5) is 0 Å². The number of aromatic nitrogens is 2. The van der Waals surface area contributed by atoms with Gasteiger partial charge in [0.15, 0.2) is 0 Å². The molecule has 1 aromatic heterocycles. The Morgan fingerprint density at radius 1 is 1.33 bits per heavy atom. The van der Waals surface area contributed by atoms with Crippen LogP contribution in [0.1, 0.15) is 58.3 Å². The molecule has 3 unspecified atom stereocenters. The van der Waals surface area contributed by atoms with Crippen molar-refractivity contribution in [1.82, 2.24) is 20.2 Å². The van der Waals surface area contributed by atoms with Crippen LogP contribution in [0.3, 0.4) is 0 Å². The zero-order valence-corrected chi connectivity index (χ0v) is 13.7. The van der Waals surface area contributed by atoms with Gasteiger partial charge < -0.3 is 15.2 Å².